The molecule has 68 heavy (non-hydrogen) atoms. The van der Waals surface area contributed by atoms with Gasteiger partial charge in [-0.05, 0) is 149 Å². The average molecular weight is 954 g/mol. The third kappa shape index (κ3) is 20.4. The molecular formula is C62H116N2O4. The number of carbonyl (C=O) groups is 2. The number of ether oxygens (including phenoxy) is 1. The molecule has 6 nitrogen and oxygen atoms in total. The molecule has 6 heteroatoms. The summed E-state index contributed by atoms with van der Waals surface area (Å²) in [5, 5.41) is 15.3. The summed E-state index contributed by atoms with van der Waals surface area (Å²) < 4.78 is 6.31. The molecule has 0 heterocycles. The van der Waals surface area contributed by atoms with Crippen LogP contribution >= 0.6 is 0 Å². The minimum atomic E-state index is -0.259. The number of carbonyl (C=O) groups excluding carboxylic acids is 2. The Morgan fingerprint density at radius 1 is 0.574 bits per heavy atom. The molecule has 4 aliphatic carbocycles. The van der Waals surface area contributed by atoms with Crippen molar-refractivity contribution in [3.05, 3.63) is 0 Å². The van der Waals surface area contributed by atoms with Crippen molar-refractivity contribution in [1.29, 1.82) is 0 Å². The molecule has 0 spiro atoms. The molecule has 10 atom stereocenters. The van der Waals surface area contributed by atoms with E-state index in [1.807, 2.05) is 0 Å². The maximum Gasteiger partial charge on any atom is 0.306 e. The molecule has 4 fully saturated rings. The highest BCUT2D eigenvalue weighted by Crippen LogP contribution is 2.68. The van der Waals surface area contributed by atoms with Crippen LogP contribution in [0.15, 0.2) is 0 Å². The van der Waals surface area contributed by atoms with Gasteiger partial charge in [-0.1, -0.05) is 202 Å². The van der Waals surface area contributed by atoms with E-state index in [9.17, 15) is 14.7 Å². The minimum absolute atomic E-state index is 0.00221. The average Bonchev–Trinajstić information content (AvgIpc) is 3.68. The zero-order valence-corrected chi connectivity index (χ0v) is 46.4. The fraction of sp³-hybridized carbons (Fsp3) is 0.968. The number of aliphatic hydroxyl groups is 1. The molecule has 0 aromatic rings. The van der Waals surface area contributed by atoms with Crippen molar-refractivity contribution in [3.63, 3.8) is 0 Å². The number of aliphatic hydroxyl groups excluding tert-OH is 1. The van der Waals surface area contributed by atoms with Gasteiger partial charge in [-0.25, -0.2) is 0 Å². The van der Waals surface area contributed by atoms with Crippen LogP contribution in [0.5, 0.6) is 0 Å². The normalized spacial score (nSPS) is 28.3. The highest BCUT2D eigenvalue weighted by Gasteiger charge is 2.63. The third-order valence-electron chi connectivity index (χ3n) is 19.4. The minimum Gasteiger partial charge on any atom is -0.462 e. The van der Waals surface area contributed by atoms with Crippen molar-refractivity contribution < 1.29 is 19.4 Å². The van der Waals surface area contributed by atoms with Crippen LogP contribution < -0.4 is 5.32 Å². The Hall–Kier alpha value is -1.14. The van der Waals surface area contributed by atoms with E-state index in [-0.39, 0.29) is 34.9 Å². The topological polar surface area (TPSA) is 78.9 Å². The van der Waals surface area contributed by atoms with Gasteiger partial charge in [0.1, 0.15) is 6.10 Å². The van der Waals surface area contributed by atoms with E-state index in [0.717, 1.165) is 58.0 Å². The maximum absolute atomic E-state index is 13.4. The van der Waals surface area contributed by atoms with Gasteiger partial charge in [0.15, 0.2) is 0 Å². The first kappa shape index (κ1) is 59.4. The summed E-state index contributed by atoms with van der Waals surface area (Å²) in [6.45, 7) is 18.6. The van der Waals surface area contributed by atoms with E-state index in [0.29, 0.717) is 48.3 Å². The summed E-state index contributed by atoms with van der Waals surface area (Å²) in [7, 11) is 0. The summed E-state index contributed by atoms with van der Waals surface area (Å²) in [5.74, 6) is 3.34. The second kappa shape index (κ2) is 34.3. The van der Waals surface area contributed by atoms with Crippen molar-refractivity contribution in [3.8, 4) is 0 Å². The van der Waals surface area contributed by atoms with Gasteiger partial charge in [0, 0.05) is 19.4 Å². The van der Waals surface area contributed by atoms with Gasteiger partial charge in [0.05, 0.1) is 6.10 Å². The molecule has 4 aliphatic rings. The first-order valence-electron chi connectivity index (χ1n) is 30.9. The fourth-order valence-corrected chi connectivity index (χ4v) is 15.1. The van der Waals surface area contributed by atoms with E-state index >= 15 is 0 Å². The van der Waals surface area contributed by atoms with E-state index in [4.69, 9.17) is 4.74 Å². The Morgan fingerprint density at radius 3 is 1.59 bits per heavy atom. The van der Waals surface area contributed by atoms with Crippen LogP contribution in [0.4, 0.5) is 0 Å². The highest BCUT2D eigenvalue weighted by molar-refractivity contribution is 5.75. The summed E-state index contributed by atoms with van der Waals surface area (Å²) >= 11 is 0. The van der Waals surface area contributed by atoms with E-state index in [1.165, 1.54) is 212 Å². The molecule has 0 bridgehead atoms. The molecule has 1 amide bonds. The quantitative estimate of drug-likeness (QED) is 0.0473. The summed E-state index contributed by atoms with van der Waals surface area (Å²) in [6.07, 6.45) is 49.4. The van der Waals surface area contributed by atoms with Crippen molar-refractivity contribution in [2.75, 3.05) is 26.2 Å². The van der Waals surface area contributed by atoms with Crippen LogP contribution in [-0.2, 0) is 14.3 Å². The third-order valence-corrected chi connectivity index (χ3v) is 19.4. The first-order chi connectivity index (χ1) is 33.1. The molecule has 4 rings (SSSR count). The van der Waals surface area contributed by atoms with E-state index in [2.05, 4.69) is 51.8 Å². The lowest BCUT2D eigenvalue weighted by molar-refractivity contribution is -0.183. The first-order valence-corrected chi connectivity index (χ1v) is 30.9. The smallest absolute Gasteiger partial charge is 0.306 e. The van der Waals surface area contributed by atoms with Crippen LogP contribution in [-0.4, -0.2) is 60.3 Å². The predicted molar refractivity (Wildman–Crippen MR) is 290 cm³/mol. The Labute approximate surface area is 423 Å². The van der Waals surface area contributed by atoms with Crippen LogP contribution in [0.2, 0.25) is 0 Å². The number of unbranched alkanes of at least 4 members (excludes halogenated alkanes) is 25. The Bertz CT molecular complexity index is 1290. The van der Waals surface area contributed by atoms with Crippen LogP contribution in [0.3, 0.4) is 0 Å². The van der Waals surface area contributed by atoms with Gasteiger partial charge in [-0.15, -0.1) is 0 Å². The molecule has 0 aromatic heterocycles. The zero-order valence-electron chi connectivity index (χ0n) is 46.4. The highest BCUT2D eigenvalue weighted by atomic mass is 16.5. The van der Waals surface area contributed by atoms with Crippen LogP contribution in [0.25, 0.3) is 0 Å². The number of nitrogens with zero attached hydrogens (tertiary/aromatic N) is 1. The zero-order chi connectivity index (χ0) is 48.9. The Balaban J connectivity index is 1.14. The number of fused-ring (bicyclic) bond motifs is 5. The maximum atomic E-state index is 13.4. The van der Waals surface area contributed by atoms with Gasteiger partial charge in [0.25, 0.3) is 0 Å². The molecule has 0 saturated heterocycles. The van der Waals surface area contributed by atoms with Crippen molar-refractivity contribution in [2.24, 2.45) is 46.3 Å². The largest absolute Gasteiger partial charge is 0.462 e. The molecule has 0 radical (unpaired) electrons. The number of esters is 1. The predicted octanol–water partition coefficient (Wildman–Crippen LogP) is 17.1. The second-order valence-electron chi connectivity index (χ2n) is 24.6. The molecule has 2 N–H and O–H groups in total. The second-order valence-corrected chi connectivity index (χ2v) is 24.6. The van der Waals surface area contributed by atoms with Crippen molar-refractivity contribution >= 4 is 11.9 Å². The Morgan fingerprint density at radius 2 is 1.04 bits per heavy atom. The van der Waals surface area contributed by atoms with E-state index < -0.39 is 0 Å². The number of hydrogen-bond donors (Lipinski definition) is 2. The fourth-order valence-electron chi connectivity index (χ4n) is 15.1. The molecule has 0 aliphatic heterocycles. The Kier molecular flexibility index (Phi) is 30.0. The summed E-state index contributed by atoms with van der Waals surface area (Å²) in [4.78, 5) is 29.0. The molecule has 4 saturated carbocycles. The number of hydrogen-bond acceptors (Lipinski definition) is 5. The van der Waals surface area contributed by atoms with Gasteiger partial charge < -0.3 is 20.1 Å². The van der Waals surface area contributed by atoms with Gasteiger partial charge in [-0.3, -0.25) is 9.59 Å². The van der Waals surface area contributed by atoms with E-state index in [1.54, 1.807) is 0 Å². The monoisotopic (exact) mass is 953 g/mol. The molecule has 0 unspecified atom stereocenters. The molecule has 398 valence electrons. The van der Waals surface area contributed by atoms with Crippen molar-refractivity contribution in [1.82, 2.24) is 10.2 Å². The number of nitrogens with one attached hydrogen (secondary N) is 1. The summed E-state index contributed by atoms with van der Waals surface area (Å²) in [6, 6.07) is 0. The molecule has 0 aromatic carbocycles. The van der Waals surface area contributed by atoms with Crippen LogP contribution in [0.1, 0.15) is 298 Å². The van der Waals surface area contributed by atoms with Gasteiger partial charge in [0.2, 0.25) is 5.91 Å². The molecular weight excluding hydrogens is 837 g/mol. The lowest BCUT2D eigenvalue weighted by atomic mass is 9.43. The lowest BCUT2D eigenvalue weighted by Gasteiger charge is -2.62. The lowest BCUT2D eigenvalue weighted by Crippen LogP contribution is -2.58. The van der Waals surface area contributed by atoms with Crippen molar-refractivity contribution in [2.45, 2.75) is 311 Å². The van der Waals surface area contributed by atoms with Gasteiger partial charge >= 0.3 is 5.97 Å². The van der Waals surface area contributed by atoms with Crippen LogP contribution in [0, 0.1) is 46.3 Å². The van der Waals surface area contributed by atoms with Gasteiger partial charge in [-0.2, -0.15) is 0 Å². The SMILES string of the molecule is CCCCCCCCCCCCCCNC(=O)CC[C@@H](C)[C@H]1CC[C@H]2[C@@H]3[C@@H](O)C[C@@H]4C[C@H](OC(=O)CCCN(CCCCCCCCCC)CCCCCCCCCC)CC[C@]4(C)[C@H]3CC[C@]12C. The number of rotatable bonds is 40. The standard InChI is InChI=1S/C62H116N2O4/c1-7-10-13-16-19-22-23-24-25-26-29-32-45-63-58(66)40-37-51(4)54-38-39-55-60-56(42-44-62(54,55)6)61(5)43-41-53(49-52(61)50-57(60)65)68-59(67)36-35-48-64(46-33-30-27-20-17-14-11-8-2)47-34-31-28-21-18-15-12-9-3/h51-57,60,65H,7-50H2,1-6H3,(H,63,66)/t51-,52+,53-,54-,55+,56+,57+,60+,61+,62-/m1/s1. The number of amides is 1. The summed E-state index contributed by atoms with van der Waals surface area (Å²) in [5.41, 5.74) is 0.468.